The summed E-state index contributed by atoms with van der Waals surface area (Å²) in [7, 11) is 0. The fourth-order valence-electron chi connectivity index (χ4n) is 5.28. The predicted octanol–water partition coefficient (Wildman–Crippen LogP) is 3.16. The Balaban J connectivity index is 1.13. The van der Waals surface area contributed by atoms with Crippen LogP contribution in [0.5, 0.6) is 0 Å². The van der Waals surface area contributed by atoms with Gasteiger partial charge in [-0.1, -0.05) is 48.5 Å². The highest BCUT2D eigenvalue weighted by molar-refractivity contribution is 5.80. The van der Waals surface area contributed by atoms with Crippen LogP contribution < -0.4 is 10.6 Å². The smallest absolute Gasteiger partial charge is 0.407 e. The largest absolute Gasteiger partial charge is 0.481 e. The lowest BCUT2D eigenvalue weighted by Gasteiger charge is -2.20. The first-order valence-corrected chi connectivity index (χ1v) is 12.2. The minimum Gasteiger partial charge on any atom is -0.481 e. The van der Waals surface area contributed by atoms with Gasteiger partial charge >= 0.3 is 12.1 Å². The molecule has 8 heteroatoms. The maximum absolute atomic E-state index is 12.6. The molecule has 2 amide bonds. The number of nitrogens with one attached hydrogen (secondary N) is 2. The summed E-state index contributed by atoms with van der Waals surface area (Å²) in [6.07, 6.45) is 1.79. The van der Waals surface area contributed by atoms with Crippen LogP contribution in [0.1, 0.15) is 36.3 Å². The molecule has 2 aliphatic carbocycles. The lowest BCUT2D eigenvalue weighted by Crippen LogP contribution is -2.44. The molecule has 5 rings (SSSR count). The summed E-state index contributed by atoms with van der Waals surface area (Å²) >= 11 is 0. The molecular formula is C27H30N2O6. The van der Waals surface area contributed by atoms with Crippen molar-refractivity contribution in [2.45, 2.75) is 31.2 Å². The quantitative estimate of drug-likeness (QED) is 0.510. The first kappa shape index (κ1) is 23.4. The number of carbonyl (C=O) groups excluding carboxylic acids is 2. The van der Waals surface area contributed by atoms with Gasteiger partial charge in [0, 0.05) is 18.9 Å². The first-order chi connectivity index (χ1) is 17.0. The number of fused-ring (bicyclic) bond motifs is 3. The molecule has 0 bridgehead atoms. The molecule has 0 spiro atoms. The van der Waals surface area contributed by atoms with Gasteiger partial charge in [-0.05, 0) is 46.9 Å². The van der Waals surface area contributed by atoms with Crippen molar-refractivity contribution in [2.75, 3.05) is 26.4 Å². The van der Waals surface area contributed by atoms with Gasteiger partial charge in [0.1, 0.15) is 12.5 Å². The number of carbonyl (C=O) groups is 3. The number of amides is 2. The number of benzene rings is 2. The maximum Gasteiger partial charge on any atom is 0.407 e. The second-order valence-electron chi connectivity index (χ2n) is 9.66. The highest BCUT2D eigenvalue weighted by atomic mass is 16.5. The lowest BCUT2D eigenvalue weighted by molar-refractivity contribution is -0.142. The molecule has 1 saturated heterocycles. The zero-order valence-electron chi connectivity index (χ0n) is 19.4. The Bertz CT molecular complexity index is 1070. The average Bonchev–Trinajstić information content (AvgIpc) is 3.51. The van der Waals surface area contributed by atoms with Gasteiger partial charge in [0.25, 0.3) is 0 Å². The SMILES string of the molecule is O=C(CC(CNC(=O)OCC1c2ccccc2-c2ccccc21)C1CC1)NC1COCC1C(=O)O. The Morgan fingerprint density at radius 2 is 1.66 bits per heavy atom. The third-order valence-corrected chi connectivity index (χ3v) is 7.33. The topological polar surface area (TPSA) is 114 Å². The molecule has 2 fully saturated rings. The summed E-state index contributed by atoms with van der Waals surface area (Å²) in [6.45, 7) is 0.898. The molecular weight excluding hydrogens is 448 g/mol. The van der Waals surface area contributed by atoms with Gasteiger partial charge in [-0.25, -0.2) is 4.79 Å². The number of aliphatic carboxylic acids is 1. The van der Waals surface area contributed by atoms with E-state index in [1.165, 1.54) is 11.1 Å². The zero-order valence-corrected chi connectivity index (χ0v) is 19.4. The molecule has 3 aliphatic rings. The van der Waals surface area contributed by atoms with Crippen molar-refractivity contribution in [1.29, 1.82) is 0 Å². The minimum absolute atomic E-state index is 0.00558. The molecule has 3 N–H and O–H groups in total. The second kappa shape index (κ2) is 10.1. The molecule has 35 heavy (non-hydrogen) atoms. The number of hydrogen-bond donors (Lipinski definition) is 3. The van der Waals surface area contributed by atoms with Gasteiger partial charge in [-0.2, -0.15) is 0 Å². The lowest BCUT2D eigenvalue weighted by atomic mass is 9.98. The second-order valence-corrected chi connectivity index (χ2v) is 9.66. The maximum atomic E-state index is 12.6. The van der Waals surface area contributed by atoms with Crippen molar-refractivity contribution in [3.05, 3.63) is 59.7 Å². The monoisotopic (exact) mass is 478 g/mol. The van der Waals surface area contributed by atoms with E-state index in [0.29, 0.717) is 12.5 Å². The van der Waals surface area contributed by atoms with Gasteiger partial charge in [-0.3, -0.25) is 9.59 Å². The summed E-state index contributed by atoms with van der Waals surface area (Å²) in [5.74, 6) is -1.54. The molecule has 3 unspecified atom stereocenters. The third kappa shape index (κ3) is 5.17. The molecule has 8 nitrogen and oxygen atoms in total. The van der Waals surface area contributed by atoms with E-state index in [4.69, 9.17) is 9.47 Å². The Morgan fingerprint density at radius 1 is 1.00 bits per heavy atom. The number of carboxylic acid groups (broad SMARTS) is 1. The Morgan fingerprint density at radius 3 is 2.29 bits per heavy atom. The average molecular weight is 479 g/mol. The van der Waals surface area contributed by atoms with Crippen molar-refractivity contribution in [3.63, 3.8) is 0 Å². The molecule has 184 valence electrons. The van der Waals surface area contributed by atoms with E-state index in [9.17, 15) is 19.5 Å². The molecule has 0 aromatic heterocycles. The summed E-state index contributed by atoms with van der Waals surface area (Å²) in [5, 5.41) is 14.9. The number of carboxylic acids is 1. The summed E-state index contributed by atoms with van der Waals surface area (Å²) < 4.78 is 10.8. The molecule has 0 radical (unpaired) electrons. The van der Waals surface area contributed by atoms with Crippen LogP contribution in [0.4, 0.5) is 4.79 Å². The fourth-order valence-corrected chi connectivity index (χ4v) is 5.28. The van der Waals surface area contributed by atoms with E-state index >= 15 is 0 Å². The van der Waals surface area contributed by atoms with Crippen molar-refractivity contribution in [3.8, 4) is 11.1 Å². The number of ether oxygens (including phenoxy) is 2. The van der Waals surface area contributed by atoms with Crippen LogP contribution in [0.25, 0.3) is 11.1 Å². The Hall–Kier alpha value is -3.39. The first-order valence-electron chi connectivity index (χ1n) is 12.2. The highest BCUT2D eigenvalue weighted by Gasteiger charge is 2.37. The number of alkyl carbamates (subject to hydrolysis) is 1. The van der Waals surface area contributed by atoms with Crippen LogP contribution in [0.15, 0.2) is 48.5 Å². The normalized spacial score (nSPS) is 21.6. The van der Waals surface area contributed by atoms with Gasteiger partial charge < -0.3 is 25.2 Å². The van der Waals surface area contributed by atoms with Crippen LogP contribution >= 0.6 is 0 Å². The highest BCUT2D eigenvalue weighted by Crippen LogP contribution is 2.44. The Kier molecular flexibility index (Phi) is 6.72. The predicted molar refractivity (Wildman–Crippen MR) is 128 cm³/mol. The summed E-state index contributed by atoms with van der Waals surface area (Å²) in [6, 6.07) is 15.9. The van der Waals surface area contributed by atoms with Crippen LogP contribution in [-0.2, 0) is 19.1 Å². The van der Waals surface area contributed by atoms with E-state index in [1.54, 1.807) is 0 Å². The zero-order chi connectivity index (χ0) is 24.4. The van der Waals surface area contributed by atoms with E-state index in [1.807, 2.05) is 24.3 Å². The molecule has 1 heterocycles. The van der Waals surface area contributed by atoms with Gasteiger partial charge in [0.2, 0.25) is 5.91 Å². The van der Waals surface area contributed by atoms with Gasteiger partial charge in [-0.15, -0.1) is 0 Å². The van der Waals surface area contributed by atoms with Crippen LogP contribution in [0.2, 0.25) is 0 Å². The molecule has 2 aromatic rings. The minimum atomic E-state index is -0.969. The van der Waals surface area contributed by atoms with E-state index in [0.717, 1.165) is 24.0 Å². The van der Waals surface area contributed by atoms with Crippen molar-refractivity contribution in [2.24, 2.45) is 17.8 Å². The fraction of sp³-hybridized carbons (Fsp3) is 0.444. The van der Waals surface area contributed by atoms with Gasteiger partial charge in [0.15, 0.2) is 0 Å². The molecule has 2 aromatic carbocycles. The summed E-state index contributed by atoms with van der Waals surface area (Å²) in [5.41, 5.74) is 4.67. The van der Waals surface area contributed by atoms with Gasteiger partial charge in [0.05, 0.1) is 19.3 Å². The van der Waals surface area contributed by atoms with E-state index < -0.39 is 24.0 Å². The molecule has 1 aliphatic heterocycles. The van der Waals surface area contributed by atoms with Crippen LogP contribution in [-0.4, -0.2) is 55.5 Å². The Labute approximate surface area is 204 Å². The van der Waals surface area contributed by atoms with Crippen molar-refractivity contribution >= 4 is 18.0 Å². The standard InChI is InChI=1S/C27H30N2O6/c30-25(29-24-15-34-13-23(24)26(31)32)11-17(16-9-10-16)12-28-27(33)35-14-22-20-7-3-1-5-18(20)19-6-2-4-8-21(19)22/h1-8,16-17,22-24H,9-15H2,(H,28,33)(H,29,30)(H,31,32). The number of hydrogen-bond acceptors (Lipinski definition) is 5. The number of rotatable bonds is 9. The van der Waals surface area contributed by atoms with Crippen molar-refractivity contribution in [1.82, 2.24) is 10.6 Å². The molecule has 3 atom stereocenters. The van der Waals surface area contributed by atoms with E-state index in [-0.39, 0.29) is 44.0 Å². The van der Waals surface area contributed by atoms with Crippen molar-refractivity contribution < 1.29 is 29.0 Å². The molecule has 1 saturated carbocycles. The van der Waals surface area contributed by atoms with Crippen LogP contribution in [0.3, 0.4) is 0 Å². The summed E-state index contributed by atoms with van der Waals surface area (Å²) in [4.78, 5) is 36.4. The van der Waals surface area contributed by atoms with E-state index in [2.05, 4.69) is 34.9 Å². The third-order valence-electron chi connectivity index (χ3n) is 7.33. The van der Waals surface area contributed by atoms with Crippen LogP contribution in [0, 0.1) is 17.8 Å².